The number of ketones is 1. The molecule has 0 spiro atoms. The van der Waals surface area contributed by atoms with Crippen LogP contribution in [0.3, 0.4) is 0 Å². The largest absolute Gasteiger partial charge is 0.507 e. The lowest BCUT2D eigenvalue weighted by Crippen LogP contribution is -2.38. The second-order valence-corrected chi connectivity index (χ2v) is 7.05. The van der Waals surface area contributed by atoms with E-state index in [1.807, 2.05) is 13.8 Å². The quantitative estimate of drug-likeness (QED) is 0.426. The van der Waals surface area contributed by atoms with Crippen molar-refractivity contribution >= 4 is 17.4 Å². The van der Waals surface area contributed by atoms with Crippen LogP contribution in [-0.2, 0) is 9.59 Å². The molecule has 1 fully saturated rings. The van der Waals surface area contributed by atoms with Crippen molar-refractivity contribution in [2.24, 2.45) is 0 Å². The number of hydrogen-bond acceptors (Lipinski definition) is 4. The van der Waals surface area contributed by atoms with Gasteiger partial charge >= 0.3 is 0 Å². The molecule has 30 heavy (non-hydrogen) atoms. The number of aliphatic hydroxyl groups excluding tert-OH is 1. The molecule has 0 saturated carbocycles. The van der Waals surface area contributed by atoms with Crippen LogP contribution in [0.15, 0.2) is 54.1 Å². The second kappa shape index (κ2) is 9.17. The summed E-state index contributed by atoms with van der Waals surface area (Å²) in [6.45, 7) is 6.20. The first kappa shape index (κ1) is 21.6. The van der Waals surface area contributed by atoms with E-state index in [1.54, 1.807) is 6.07 Å². The summed E-state index contributed by atoms with van der Waals surface area (Å²) in [5, 5.41) is 10.8. The van der Waals surface area contributed by atoms with E-state index in [-0.39, 0.29) is 23.2 Å². The molecular formula is C23H24F2N2O3. The fourth-order valence-electron chi connectivity index (χ4n) is 3.68. The van der Waals surface area contributed by atoms with Gasteiger partial charge in [-0.05, 0) is 43.4 Å². The Labute approximate surface area is 174 Å². The normalized spacial score (nSPS) is 18.4. The van der Waals surface area contributed by atoms with Gasteiger partial charge in [-0.3, -0.25) is 9.59 Å². The van der Waals surface area contributed by atoms with Crippen molar-refractivity contribution in [3.05, 3.63) is 76.9 Å². The molecule has 3 rings (SSSR count). The van der Waals surface area contributed by atoms with Gasteiger partial charge in [-0.15, -0.1) is 0 Å². The number of hydrogen-bond donors (Lipinski definition) is 1. The van der Waals surface area contributed by atoms with E-state index in [0.29, 0.717) is 6.54 Å². The molecule has 1 aliphatic rings. The van der Waals surface area contributed by atoms with Gasteiger partial charge in [0.15, 0.2) is 0 Å². The van der Waals surface area contributed by atoms with Crippen molar-refractivity contribution in [1.82, 2.24) is 9.80 Å². The van der Waals surface area contributed by atoms with Crippen LogP contribution < -0.4 is 0 Å². The van der Waals surface area contributed by atoms with Crippen molar-refractivity contribution in [1.29, 1.82) is 0 Å². The van der Waals surface area contributed by atoms with Crippen LogP contribution in [-0.4, -0.2) is 52.8 Å². The maximum atomic E-state index is 14.7. The second-order valence-electron chi connectivity index (χ2n) is 7.05. The van der Waals surface area contributed by atoms with Gasteiger partial charge < -0.3 is 14.9 Å². The van der Waals surface area contributed by atoms with Crippen LogP contribution in [0.2, 0.25) is 0 Å². The van der Waals surface area contributed by atoms with Crippen molar-refractivity contribution in [3.63, 3.8) is 0 Å². The minimum Gasteiger partial charge on any atom is -0.507 e. The summed E-state index contributed by atoms with van der Waals surface area (Å²) in [5.41, 5.74) is 0.107. The Morgan fingerprint density at radius 3 is 2.27 bits per heavy atom. The van der Waals surface area contributed by atoms with E-state index in [2.05, 4.69) is 4.90 Å². The molecule has 158 valence electrons. The van der Waals surface area contributed by atoms with Crippen LogP contribution in [0.4, 0.5) is 8.78 Å². The summed E-state index contributed by atoms with van der Waals surface area (Å²) < 4.78 is 28.0. The van der Waals surface area contributed by atoms with Gasteiger partial charge in [0.25, 0.3) is 11.7 Å². The van der Waals surface area contributed by atoms with Crippen LogP contribution >= 0.6 is 0 Å². The molecule has 1 atom stereocenters. The lowest BCUT2D eigenvalue weighted by atomic mass is 9.95. The van der Waals surface area contributed by atoms with Gasteiger partial charge in [0.2, 0.25) is 0 Å². The zero-order valence-electron chi connectivity index (χ0n) is 16.9. The standard InChI is InChI=1S/C23H24F2N2O3/c1-3-26(4-2)13-14-27-20(17-7-5-6-8-18(17)25)19(22(29)23(27)30)21(28)15-9-11-16(24)12-10-15/h5-12,20,28H,3-4,13-14H2,1-2H3/t20-/m0/s1. The molecular weight excluding hydrogens is 390 g/mol. The number of carbonyl (C=O) groups is 2. The highest BCUT2D eigenvalue weighted by atomic mass is 19.1. The molecule has 0 unspecified atom stereocenters. The Bertz CT molecular complexity index is 969. The van der Waals surface area contributed by atoms with E-state index < -0.39 is 35.1 Å². The number of amides is 1. The molecule has 2 aromatic carbocycles. The first-order chi connectivity index (χ1) is 14.4. The predicted molar refractivity (Wildman–Crippen MR) is 110 cm³/mol. The zero-order valence-corrected chi connectivity index (χ0v) is 16.9. The molecule has 0 aromatic heterocycles. The number of rotatable bonds is 7. The molecule has 0 aliphatic carbocycles. The summed E-state index contributed by atoms with van der Waals surface area (Å²) in [4.78, 5) is 29.1. The van der Waals surface area contributed by atoms with Crippen molar-refractivity contribution in [3.8, 4) is 0 Å². The topological polar surface area (TPSA) is 60.9 Å². The van der Waals surface area contributed by atoms with Crippen LogP contribution in [0.25, 0.3) is 5.76 Å². The van der Waals surface area contributed by atoms with Gasteiger partial charge in [-0.25, -0.2) is 8.78 Å². The van der Waals surface area contributed by atoms with Crippen LogP contribution in [0.5, 0.6) is 0 Å². The third-order valence-corrected chi connectivity index (χ3v) is 5.41. The predicted octanol–water partition coefficient (Wildman–Crippen LogP) is 3.73. The molecule has 1 saturated heterocycles. The van der Waals surface area contributed by atoms with E-state index in [9.17, 15) is 23.5 Å². The van der Waals surface area contributed by atoms with E-state index in [1.165, 1.54) is 35.2 Å². The number of carbonyl (C=O) groups excluding carboxylic acids is 2. The molecule has 1 amide bonds. The molecule has 0 bridgehead atoms. The fourth-order valence-corrected chi connectivity index (χ4v) is 3.68. The average Bonchev–Trinajstić information content (AvgIpc) is 2.99. The number of likely N-dealkylation sites (N-methyl/N-ethyl adjacent to an activating group) is 1. The number of benzene rings is 2. The Kier molecular flexibility index (Phi) is 6.62. The highest BCUT2D eigenvalue weighted by Gasteiger charge is 2.46. The number of halogens is 2. The Hall–Kier alpha value is -3.06. The molecule has 0 radical (unpaired) electrons. The maximum absolute atomic E-state index is 14.7. The summed E-state index contributed by atoms with van der Waals surface area (Å²) in [7, 11) is 0. The minimum absolute atomic E-state index is 0.125. The third-order valence-electron chi connectivity index (χ3n) is 5.41. The van der Waals surface area contributed by atoms with Crippen LogP contribution in [0.1, 0.15) is 31.0 Å². The number of nitrogens with zero attached hydrogens (tertiary/aromatic N) is 2. The zero-order chi connectivity index (χ0) is 21.8. The smallest absolute Gasteiger partial charge is 0.295 e. The average molecular weight is 414 g/mol. The highest BCUT2D eigenvalue weighted by Crippen LogP contribution is 2.40. The van der Waals surface area contributed by atoms with Gasteiger partial charge in [0, 0.05) is 24.2 Å². The lowest BCUT2D eigenvalue weighted by molar-refractivity contribution is -0.140. The number of Topliss-reactive ketones (excluding diaryl/α,β-unsaturated/α-hetero) is 1. The van der Waals surface area contributed by atoms with Crippen LogP contribution in [0, 0.1) is 11.6 Å². The van der Waals surface area contributed by atoms with E-state index in [4.69, 9.17) is 0 Å². The number of aliphatic hydroxyl groups is 1. The summed E-state index contributed by atoms with van der Waals surface area (Å²) in [6, 6.07) is 9.71. The molecule has 1 heterocycles. The van der Waals surface area contributed by atoms with Crippen molar-refractivity contribution in [2.75, 3.05) is 26.2 Å². The SMILES string of the molecule is CCN(CC)CCN1C(=O)C(=O)C(=C(O)c2ccc(F)cc2)[C@@H]1c1ccccc1F. The highest BCUT2D eigenvalue weighted by molar-refractivity contribution is 6.46. The van der Waals surface area contributed by atoms with E-state index >= 15 is 0 Å². The monoisotopic (exact) mass is 414 g/mol. The fraction of sp³-hybridized carbons (Fsp3) is 0.304. The lowest BCUT2D eigenvalue weighted by Gasteiger charge is -2.28. The van der Waals surface area contributed by atoms with Crippen molar-refractivity contribution < 1.29 is 23.5 Å². The third kappa shape index (κ3) is 4.11. The van der Waals surface area contributed by atoms with Crippen molar-refractivity contribution in [2.45, 2.75) is 19.9 Å². The molecule has 7 heteroatoms. The van der Waals surface area contributed by atoms with Gasteiger partial charge in [-0.1, -0.05) is 32.0 Å². The Morgan fingerprint density at radius 2 is 1.67 bits per heavy atom. The molecule has 1 aliphatic heterocycles. The Morgan fingerprint density at radius 1 is 1.03 bits per heavy atom. The first-order valence-electron chi connectivity index (χ1n) is 9.90. The van der Waals surface area contributed by atoms with Gasteiger partial charge in [-0.2, -0.15) is 0 Å². The summed E-state index contributed by atoms with van der Waals surface area (Å²) in [6.07, 6.45) is 0. The minimum atomic E-state index is -1.06. The molecule has 2 aromatic rings. The summed E-state index contributed by atoms with van der Waals surface area (Å²) in [5.74, 6) is -3.21. The molecule has 5 nitrogen and oxygen atoms in total. The maximum Gasteiger partial charge on any atom is 0.295 e. The van der Waals surface area contributed by atoms with Gasteiger partial charge in [0.1, 0.15) is 17.4 Å². The van der Waals surface area contributed by atoms with E-state index in [0.717, 1.165) is 25.2 Å². The summed E-state index contributed by atoms with van der Waals surface area (Å²) >= 11 is 0. The Balaban J connectivity index is 2.11. The van der Waals surface area contributed by atoms with Gasteiger partial charge in [0.05, 0.1) is 11.6 Å². The number of likely N-dealkylation sites (tertiary alicyclic amines) is 1. The first-order valence-corrected chi connectivity index (χ1v) is 9.90. The molecule has 1 N–H and O–H groups in total.